The van der Waals surface area contributed by atoms with E-state index in [0.29, 0.717) is 40.4 Å². The van der Waals surface area contributed by atoms with Crippen molar-refractivity contribution in [2.45, 2.75) is 45.1 Å². The molecule has 2 fully saturated rings. The van der Waals surface area contributed by atoms with E-state index in [-0.39, 0.29) is 24.5 Å². The molecule has 1 aliphatic carbocycles. The summed E-state index contributed by atoms with van der Waals surface area (Å²) >= 11 is 5.46. The molecule has 1 saturated carbocycles. The van der Waals surface area contributed by atoms with Crippen molar-refractivity contribution in [2.24, 2.45) is 0 Å². The van der Waals surface area contributed by atoms with E-state index in [9.17, 15) is 9.59 Å². The minimum absolute atomic E-state index is 0.0989. The van der Waals surface area contributed by atoms with Gasteiger partial charge in [-0.25, -0.2) is 0 Å². The average molecular weight is 510 g/mol. The molecule has 8 nitrogen and oxygen atoms in total. The lowest BCUT2D eigenvalue weighted by Gasteiger charge is -2.29. The van der Waals surface area contributed by atoms with Crippen molar-refractivity contribution < 1.29 is 23.8 Å². The van der Waals surface area contributed by atoms with Gasteiger partial charge in [0.05, 0.1) is 19.4 Å². The summed E-state index contributed by atoms with van der Waals surface area (Å²) in [6, 6.07) is 12.6. The number of amides is 2. The zero-order valence-electron chi connectivity index (χ0n) is 20.5. The maximum Gasteiger partial charge on any atom is 0.276 e. The van der Waals surface area contributed by atoms with Crippen molar-refractivity contribution in [3.8, 4) is 17.2 Å². The van der Waals surface area contributed by atoms with Crippen LogP contribution in [0.15, 0.2) is 48.2 Å². The molecule has 2 aliphatic rings. The van der Waals surface area contributed by atoms with Gasteiger partial charge in [0.1, 0.15) is 11.4 Å². The van der Waals surface area contributed by atoms with Crippen molar-refractivity contribution in [3.05, 3.63) is 53.7 Å². The van der Waals surface area contributed by atoms with Crippen LogP contribution in [0.4, 0.5) is 5.69 Å². The van der Waals surface area contributed by atoms with E-state index in [1.165, 1.54) is 6.42 Å². The van der Waals surface area contributed by atoms with Crippen LogP contribution in [0.2, 0.25) is 0 Å². The van der Waals surface area contributed by atoms with Crippen molar-refractivity contribution >= 4 is 40.9 Å². The predicted molar refractivity (Wildman–Crippen MR) is 142 cm³/mol. The summed E-state index contributed by atoms with van der Waals surface area (Å²) in [4.78, 5) is 27.2. The molecule has 0 atom stereocenters. The fourth-order valence-corrected chi connectivity index (χ4v) is 4.81. The molecule has 4 rings (SSSR count). The van der Waals surface area contributed by atoms with Crippen LogP contribution in [-0.2, 0) is 9.59 Å². The van der Waals surface area contributed by atoms with Gasteiger partial charge in [0, 0.05) is 6.04 Å². The fraction of sp³-hybridized carbons (Fsp3) is 0.370. The second-order valence-corrected chi connectivity index (χ2v) is 9.02. The first-order chi connectivity index (χ1) is 17.5. The number of anilines is 1. The lowest BCUT2D eigenvalue weighted by Crippen LogP contribution is -2.41. The molecule has 9 heteroatoms. The number of para-hydroxylation sites is 2. The van der Waals surface area contributed by atoms with Crippen molar-refractivity contribution in [3.63, 3.8) is 0 Å². The van der Waals surface area contributed by atoms with Gasteiger partial charge < -0.3 is 24.8 Å². The minimum Gasteiger partial charge on any atom is -0.495 e. The summed E-state index contributed by atoms with van der Waals surface area (Å²) in [6.45, 7) is 2.08. The zero-order chi connectivity index (χ0) is 25.5. The van der Waals surface area contributed by atoms with Crippen molar-refractivity contribution in [2.75, 3.05) is 25.6 Å². The van der Waals surface area contributed by atoms with Crippen LogP contribution in [0, 0.1) is 0 Å². The number of methoxy groups -OCH3 is 1. The number of nitrogens with zero attached hydrogens (tertiary/aromatic N) is 1. The van der Waals surface area contributed by atoms with Crippen LogP contribution in [0.5, 0.6) is 17.2 Å². The molecule has 0 unspecified atom stereocenters. The lowest BCUT2D eigenvalue weighted by atomic mass is 9.94. The molecule has 1 heterocycles. The van der Waals surface area contributed by atoms with E-state index in [2.05, 4.69) is 10.6 Å². The number of hydrogen-bond acceptors (Lipinski definition) is 6. The molecule has 36 heavy (non-hydrogen) atoms. The van der Waals surface area contributed by atoms with Crippen molar-refractivity contribution in [1.29, 1.82) is 0 Å². The number of carbonyl (C=O) groups is 2. The zero-order valence-corrected chi connectivity index (χ0v) is 21.4. The first-order valence-electron chi connectivity index (χ1n) is 12.2. The normalized spacial score (nSPS) is 17.2. The van der Waals surface area contributed by atoms with Gasteiger partial charge in [0.15, 0.2) is 23.2 Å². The number of rotatable bonds is 9. The highest BCUT2D eigenvalue weighted by Crippen LogP contribution is 2.31. The lowest BCUT2D eigenvalue weighted by molar-refractivity contribution is -0.124. The third kappa shape index (κ3) is 5.96. The Hall–Kier alpha value is -3.59. The number of nitrogens with one attached hydrogen (secondary N) is 2. The van der Waals surface area contributed by atoms with Gasteiger partial charge in [-0.15, -0.1) is 0 Å². The monoisotopic (exact) mass is 509 g/mol. The van der Waals surface area contributed by atoms with Crippen LogP contribution in [0.1, 0.15) is 44.6 Å². The largest absolute Gasteiger partial charge is 0.495 e. The Balaban J connectivity index is 1.44. The summed E-state index contributed by atoms with van der Waals surface area (Å²) in [5.74, 6) is 1.05. The Labute approximate surface area is 216 Å². The SMILES string of the molecule is CCOc1cc(/C=C2/NC(=S)N(C3CCCCC3)C2=O)ccc1OCC(=O)Nc1ccccc1OC. The molecule has 1 saturated heterocycles. The third-order valence-electron chi connectivity index (χ3n) is 6.17. The Bertz CT molecular complexity index is 1160. The third-order valence-corrected chi connectivity index (χ3v) is 6.47. The topological polar surface area (TPSA) is 89.1 Å². The van der Waals surface area contributed by atoms with Crippen LogP contribution < -0.4 is 24.8 Å². The van der Waals surface area contributed by atoms with Gasteiger partial charge in [0.25, 0.3) is 11.8 Å². The number of benzene rings is 2. The molecule has 0 aromatic heterocycles. The maximum absolute atomic E-state index is 13.1. The molecule has 2 aromatic rings. The Morgan fingerprint density at radius 1 is 1.11 bits per heavy atom. The van der Waals surface area contributed by atoms with Crippen LogP contribution in [0.3, 0.4) is 0 Å². The van der Waals surface area contributed by atoms with Crippen LogP contribution >= 0.6 is 12.2 Å². The number of carbonyl (C=O) groups excluding carboxylic acids is 2. The maximum atomic E-state index is 13.1. The predicted octanol–water partition coefficient (Wildman–Crippen LogP) is 4.50. The fourth-order valence-electron chi connectivity index (χ4n) is 4.47. The van der Waals surface area contributed by atoms with E-state index in [1.807, 2.05) is 25.1 Å². The van der Waals surface area contributed by atoms with Crippen LogP contribution in [-0.4, -0.2) is 48.2 Å². The highest BCUT2D eigenvalue weighted by Gasteiger charge is 2.36. The van der Waals surface area contributed by atoms with Gasteiger partial charge in [-0.2, -0.15) is 0 Å². The summed E-state index contributed by atoms with van der Waals surface area (Å²) < 4.78 is 16.8. The minimum atomic E-state index is -0.329. The van der Waals surface area contributed by atoms with Crippen molar-refractivity contribution in [1.82, 2.24) is 10.2 Å². The Morgan fingerprint density at radius 2 is 1.89 bits per heavy atom. The molecule has 1 aliphatic heterocycles. The summed E-state index contributed by atoms with van der Waals surface area (Å²) in [5, 5.41) is 6.32. The molecular weight excluding hydrogens is 478 g/mol. The molecule has 0 bridgehead atoms. The van der Waals surface area contributed by atoms with Gasteiger partial charge in [-0.3, -0.25) is 14.5 Å². The highest BCUT2D eigenvalue weighted by atomic mass is 32.1. The van der Waals surface area contributed by atoms with Gasteiger partial charge >= 0.3 is 0 Å². The second-order valence-electron chi connectivity index (χ2n) is 8.63. The number of thiocarbonyl (C=S) groups is 1. The number of ether oxygens (including phenoxy) is 3. The Kier molecular flexibility index (Phi) is 8.43. The first kappa shape index (κ1) is 25.5. The summed E-state index contributed by atoms with van der Waals surface area (Å²) in [7, 11) is 1.54. The van der Waals surface area contributed by atoms with E-state index in [4.69, 9.17) is 26.4 Å². The number of hydrogen-bond donors (Lipinski definition) is 2. The quantitative estimate of drug-likeness (QED) is 0.380. The van der Waals surface area contributed by atoms with Gasteiger partial charge in [-0.1, -0.05) is 37.5 Å². The van der Waals surface area contributed by atoms with Gasteiger partial charge in [0.2, 0.25) is 0 Å². The van der Waals surface area contributed by atoms with E-state index in [1.54, 1.807) is 42.4 Å². The average Bonchev–Trinajstić information content (AvgIpc) is 3.16. The standard InChI is InChI=1S/C27H31N3O5S/c1-3-34-24-16-18(15-21-26(32)30(27(36)29-21)19-9-5-4-6-10-19)13-14-23(24)35-17-25(31)28-20-11-7-8-12-22(20)33-2/h7-8,11-16,19H,3-6,9-10,17H2,1-2H3,(H,28,31)(H,29,36)/b21-15+. The molecule has 2 amide bonds. The molecular formula is C27H31N3O5S. The van der Waals surface area contributed by atoms with E-state index >= 15 is 0 Å². The second kappa shape index (κ2) is 11.9. The molecule has 0 spiro atoms. The summed E-state index contributed by atoms with van der Waals surface area (Å²) in [6.07, 6.45) is 7.16. The summed E-state index contributed by atoms with van der Waals surface area (Å²) in [5.41, 5.74) is 1.76. The highest BCUT2D eigenvalue weighted by molar-refractivity contribution is 7.80. The molecule has 0 radical (unpaired) electrons. The van der Waals surface area contributed by atoms with E-state index in [0.717, 1.165) is 31.2 Å². The first-order valence-corrected chi connectivity index (χ1v) is 12.6. The van der Waals surface area contributed by atoms with E-state index < -0.39 is 0 Å². The molecule has 2 aromatic carbocycles. The van der Waals surface area contributed by atoms with Gasteiger partial charge in [-0.05, 0) is 67.9 Å². The molecule has 190 valence electrons. The smallest absolute Gasteiger partial charge is 0.276 e. The molecule has 2 N–H and O–H groups in total. The Morgan fingerprint density at radius 3 is 2.64 bits per heavy atom. The van der Waals surface area contributed by atoms with Crippen LogP contribution in [0.25, 0.3) is 6.08 Å².